The maximum absolute atomic E-state index is 4.25. The fourth-order valence-electron chi connectivity index (χ4n) is 0.650. The Hall–Kier alpha value is 0.0200. The Labute approximate surface area is 54.6 Å². The van der Waals surface area contributed by atoms with Gasteiger partial charge < -0.3 is 0 Å². The van der Waals surface area contributed by atoms with Crippen LogP contribution in [-0.2, 0) is 0 Å². The number of aliphatic imine (C=N–C) groups is 1. The topological polar surface area (TPSA) is 12.4 Å². The van der Waals surface area contributed by atoms with E-state index in [-0.39, 0.29) is 0 Å². The van der Waals surface area contributed by atoms with Crippen molar-refractivity contribution in [1.29, 1.82) is 0 Å². The van der Waals surface area contributed by atoms with E-state index < -0.39 is 0 Å². The molecule has 1 heterocycles. The van der Waals surface area contributed by atoms with Crippen molar-refractivity contribution in [3.05, 3.63) is 6.92 Å². The van der Waals surface area contributed by atoms with Gasteiger partial charge in [-0.3, -0.25) is 4.99 Å². The summed E-state index contributed by atoms with van der Waals surface area (Å²) in [5.41, 5.74) is 0. The highest BCUT2D eigenvalue weighted by molar-refractivity contribution is 8.14. The van der Waals surface area contributed by atoms with Crippen molar-refractivity contribution < 1.29 is 0 Å². The molecule has 0 fully saturated rings. The molecule has 1 atom stereocenters. The fourth-order valence-corrected chi connectivity index (χ4v) is 1.51. The minimum atomic E-state index is 0.405. The van der Waals surface area contributed by atoms with Crippen molar-refractivity contribution in [2.45, 2.75) is 6.92 Å². The van der Waals surface area contributed by atoms with E-state index in [1.807, 2.05) is 11.8 Å². The average Bonchev–Trinajstić information content (AvgIpc) is 2.12. The highest BCUT2D eigenvalue weighted by Crippen LogP contribution is 2.17. The summed E-state index contributed by atoms with van der Waals surface area (Å²) < 4.78 is 0. The van der Waals surface area contributed by atoms with Crippen LogP contribution in [0, 0.1) is 12.8 Å². The molecule has 1 radical (unpaired) electrons. The Balaban J connectivity index is 2.45. The molecule has 0 aromatic heterocycles. The molecule has 2 heteroatoms. The van der Waals surface area contributed by atoms with E-state index >= 15 is 0 Å². The van der Waals surface area contributed by atoms with Gasteiger partial charge in [0.05, 0.1) is 5.04 Å². The second-order valence-electron chi connectivity index (χ2n) is 1.97. The van der Waals surface area contributed by atoms with Crippen LogP contribution in [0.1, 0.15) is 6.92 Å². The zero-order valence-electron chi connectivity index (χ0n) is 5.05. The van der Waals surface area contributed by atoms with Gasteiger partial charge in [0, 0.05) is 18.2 Å². The van der Waals surface area contributed by atoms with Crippen LogP contribution in [-0.4, -0.2) is 17.3 Å². The van der Waals surface area contributed by atoms with E-state index in [9.17, 15) is 0 Å². The summed E-state index contributed by atoms with van der Waals surface area (Å²) in [4.78, 5) is 4.25. The third-order valence-corrected chi connectivity index (χ3v) is 2.24. The van der Waals surface area contributed by atoms with Gasteiger partial charge in [-0.1, -0.05) is 6.92 Å². The summed E-state index contributed by atoms with van der Waals surface area (Å²) in [7, 11) is 0. The molecule has 1 rings (SSSR count). The number of thioether (sulfide) groups is 1. The zero-order valence-corrected chi connectivity index (χ0v) is 5.87. The number of hydrogen-bond donors (Lipinski definition) is 0. The van der Waals surface area contributed by atoms with Crippen LogP contribution in [0.25, 0.3) is 0 Å². The lowest BCUT2D eigenvalue weighted by Gasteiger charge is -1.99. The van der Waals surface area contributed by atoms with Crippen LogP contribution in [0.15, 0.2) is 4.99 Å². The van der Waals surface area contributed by atoms with Gasteiger partial charge in [-0.05, 0) is 6.92 Å². The van der Waals surface area contributed by atoms with E-state index in [2.05, 4.69) is 18.8 Å². The van der Waals surface area contributed by atoms with Crippen molar-refractivity contribution in [3.63, 3.8) is 0 Å². The molecular weight excluding hydrogens is 118 g/mol. The zero-order chi connectivity index (χ0) is 5.98. The van der Waals surface area contributed by atoms with Crippen molar-refractivity contribution in [2.24, 2.45) is 10.9 Å². The molecule has 1 aliphatic rings. The molecule has 1 nitrogen and oxygen atoms in total. The standard InChI is InChI=1S/C6H10NS/c1-5(2)6-7-3-4-8-6/h5H,1,3-4H2,2H3. The van der Waals surface area contributed by atoms with Gasteiger partial charge in [-0.15, -0.1) is 11.8 Å². The summed E-state index contributed by atoms with van der Waals surface area (Å²) >= 11 is 1.84. The van der Waals surface area contributed by atoms with Crippen LogP contribution in [0.2, 0.25) is 0 Å². The van der Waals surface area contributed by atoms with Crippen molar-refractivity contribution in [3.8, 4) is 0 Å². The monoisotopic (exact) mass is 128 g/mol. The lowest BCUT2D eigenvalue weighted by atomic mass is 10.2. The van der Waals surface area contributed by atoms with E-state index in [1.165, 1.54) is 5.04 Å². The fraction of sp³-hybridized carbons (Fsp3) is 0.667. The lowest BCUT2D eigenvalue weighted by molar-refractivity contribution is 1.00. The number of rotatable bonds is 1. The summed E-state index contributed by atoms with van der Waals surface area (Å²) in [5.74, 6) is 1.57. The molecule has 0 saturated heterocycles. The summed E-state index contributed by atoms with van der Waals surface area (Å²) in [6.45, 7) is 6.95. The predicted molar refractivity (Wildman–Crippen MR) is 39.3 cm³/mol. The van der Waals surface area contributed by atoms with Crippen LogP contribution in [0.5, 0.6) is 0 Å². The van der Waals surface area contributed by atoms with Gasteiger partial charge >= 0.3 is 0 Å². The summed E-state index contributed by atoms with van der Waals surface area (Å²) in [5, 5.41) is 1.23. The summed E-state index contributed by atoms with van der Waals surface area (Å²) in [6.07, 6.45) is 0. The van der Waals surface area contributed by atoms with Crippen molar-refractivity contribution >= 4 is 16.8 Å². The molecule has 45 valence electrons. The van der Waals surface area contributed by atoms with Gasteiger partial charge in [-0.25, -0.2) is 0 Å². The number of hydrogen-bond acceptors (Lipinski definition) is 2. The Bertz CT molecular complexity index is 107. The maximum Gasteiger partial charge on any atom is 0.0705 e. The average molecular weight is 128 g/mol. The molecule has 0 aromatic rings. The Morgan fingerprint density at radius 3 is 2.88 bits per heavy atom. The van der Waals surface area contributed by atoms with Crippen molar-refractivity contribution in [1.82, 2.24) is 0 Å². The first-order valence-electron chi connectivity index (χ1n) is 2.81. The third kappa shape index (κ3) is 1.25. The largest absolute Gasteiger partial charge is 0.282 e. The Morgan fingerprint density at radius 2 is 2.62 bits per heavy atom. The van der Waals surface area contributed by atoms with Gasteiger partial charge in [0.1, 0.15) is 0 Å². The first-order valence-corrected chi connectivity index (χ1v) is 3.79. The van der Waals surface area contributed by atoms with Crippen LogP contribution < -0.4 is 0 Å². The second kappa shape index (κ2) is 2.53. The molecule has 1 aliphatic heterocycles. The van der Waals surface area contributed by atoms with E-state index in [0.29, 0.717) is 5.92 Å². The molecule has 0 saturated carbocycles. The SMILES string of the molecule is [CH2]C(C)C1=NCCS1. The highest BCUT2D eigenvalue weighted by Gasteiger charge is 2.09. The first kappa shape index (κ1) is 6.14. The van der Waals surface area contributed by atoms with E-state index in [4.69, 9.17) is 0 Å². The van der Waals surface area contributed by atoms with Gasteiger partial charge in [0.25, 0.3) is 0 Å². The highest BCUT2D eigenvalue weighted by atomic mass is 32.2. The van der Waals surface area contributed by atoms with Crippen molar-refractivity contribution in [2.75, 3.05) is 12.3 Å². The van der Waals surface area contributed by atoms with E-state index in [1.54, 1.807) is 0 Å². The van der Waals surface area contributed by atoms with Crippen LogP contribution in [0.4, 0.5) is 0 Å². The minimum absolute atomic E-state index is 0.405. The Morgan fingerprint density at radius 1 is 1.88 bits per heavy atom. The smallest absolute Gasteiger partial charge is 0.0705 e. The Kier molecular flexibility index (Phi) is 1.95. The molecule has 0 aliphatic carbocycles. The molecular formula is C6H10NS. The van der Waals surface area contributed by atoms with Crippen LogP contribution in [0.3, 0.4) is 0 Å². The molecule has 8 heavy (non-hydrogen) atoms. The molecule has 0 amide bonds. The molecule has 0 N–H and O–H groups in total. The van der Waals surface area contributed by atoms with Gasteiger partial charge in [-0.2, -0.15) is 0 Å². The molecule has 1 unspecified atom stereocenters. The maximum atomic E-state index is 4.25. The van der Waals surface area contributed by atoms with E-state index in [0.717, 1.165) is 12.3 Å². The molecule has 0 bridgehead atoms. The summed E-state index contributed by atoms with van der Waals surface area (Å²) in [6, 6.07) is 0. The predicted octanol–water partition coefficient (Wildman–Crippen LogP) is 1.60. The van der Waals surface area contributed by atoms with Crippen LogP contribution >= 0.6 is 11.8 Å². The third-order valence-electron chi connectivity index (χ3n) is 1.03. The minimum Gasteiger partial charge on any atom is -0.282 e. The molecule has 0 aromatic carbocycles. The first-order chi connectivity index (χ1) is 3.80. The van der Waals surface area contributed by atoms with Gasteiger partial charge in [0.15, 0.2) is 0 Å². The number of nitrogens with zero attached hydrogens (tertiary/aromatic N) is 1. The van der Waals surface area contributed by atoms with Gasteiger partial charge in [0.2, 0.25) is 0 Å². The molecule has 0 spiro atoms. The second-order valence-corrected chi connectivity index (χ2v) is 3.08. The lowest BCUT2D eigenvalue weighted by Crippen LogP contribution is -1.98. The normalized spacial score (nSPS) is 19.6. The quantitative estimate of drug-likeness (QED) is 0.522.